The van der Waals surface area contributed by atoms with Crippen LogP contribution in [0, 0.1) is 11.8 Å². The number of hydrogen-bond acceptors (Lipinski definition) is 3. The van der Waals surface area contributed by atoms with Gasteiger partial charge in [0.1, 0.15) is 5.25 Å². The van der Waals surface area contributed by atoms with Crippen LogP contribution < -0.4 is 4.72 Å². The molecule has 0 atom stereocenters. The van der Waals surface area contributed by atoms with Crippen molar-refractivity contribution >= 4 is 10.0 Å². The molecular formula is C15H32N2O2S. The van der Waals surface area contributed by atoms with Gasteiger partial charge in [-0.2, -0.15) is 0 Å². The Balaban J connectivity index is 2.11. The molecule has 0 aromatic heterocycles. The number of likely N-dealkylation sites (tertiary alicyclic amines) is 1. The lowest BCUT2D eigenvalue weighted by atomic mass is 10.1. The second-order valence-electron chi connectivity index (χ2n) is 6.92. The van der Waals surface area contributed by atoms with E-state index in [1.54, 1.807) is 0 Å². The number of nitrogens with zero attached hydrogens (tertiary/aromatic N) is 1. The smallest absolute Gasteiger partial charge is 0.217 e. The molecule has 1 aliphatic rings. The van der Waals surface area contributed by atoms with Crippen LogP contribution in [-0.4, -0.2) is 44.7 Å². The van der Waals surface area contributed by atoms with Gasteiger partial charge in [-0.3, -0.25) is 0 Å². The Morgan fingerprint density at radius 2 is 1.70 bits per heavy atom. The first kappa shape index (κ1) is 17.9. The molecule has 0 aliphatic carbocycles. The van der Waals surface area contributed by atoms with Gasteiger partial charge >= 0.3 is 0 Å². The molecule has 0 aromatic carbocycles. The number of nitrogens with one attached hydrogen (secondary N) is 1. The summed E-state index contributed by atoms with van der Waals surface area (Å²) in [6.07, 6.45) is 4.50. The van der Waals surface area contributed by atoms with Gasteiger partial charge in [-0.25, -0.2) is 13.1 Å². The van der Waals surface area contributed by atoms with E-state index in [2.05, 4.69) is 37.3 Å². The van der Waals surface area contributed by atoms with E-state index in [-0.39, 0.29) is 5.25 Å². The molecule has 1 aliphatic heterocycles. The number of hydrogen-bond donors (Lipinski definition) is 1. The molecule has 0 unspecified atom stereocenters. The summed E-state index contributed by atoms with van der Waals surface area (Å²) in [5, 5.41) is -0.197. The van der Waals surface area contributed by atoms with E-state index in [9.17, 15) is 8.42 Å². The second-order valence-corrected chi connectivity index (χ2v) is 8.96. The molecule has 0 spiro atoms. The lowest BCUT2D eigenvalue weighted by Crippen LogP contribution is -2.58. The third-order valence-electron chi connectivity index (χ3n) is 3.75. The predicted molar refractivity (Wildman–Crippen MR) is 85.3 cm³/mol. The lowest BCUT2D eigenvalue weighted by Gasteiger charge is -2.39. The molecule has 0 saturated carbocycles. The van der Waals surface area contributed by atoms with Crippen LogP contribution >= 0.6 is 0 Å². The summed E-state index contributed by atoms with van der Waals surface area (Å²) in [6, 6.07) is 0. The first-order valence-electron chi connectivity index (χ1n) is 8.02. The predicted octanol–water partition coefficient (Wildman–Crippen LogP) is 2.46. The minimum absolute atomic E-state index is 0.197. The third kappa shape index (κ3) is 6.55. The molecule has 1 N–H and O–H groups in total. The minimum atomic E-state index is -3.09. The Kier molecular flexibility index (Phi) is 7.48. The van der Waals surface area contributed by atoms with Crippen LogP contribution in [-0.2, 0) is 10.0 Å². The monoisotopic (exact) mass is 304 g/mol. The van der Waals surface area contributed by atoms with Gasteiger partial charge in [0.15, 0.2) is 0 Å². The van der Waals surface area contributed by atoms with Crippen LogP contribution in [0.1, 0.15) is 53.4 Å². The van der Waals surface area contributed by atoms with Gasteiger partial charge in [-0.1, -0.05) is 47.0 Å². The van der Waals surface area contributed by atoms with Gasteiger partial charge in [-0.05, 0) is 18.3 Å². The van der Waals surface area contributed by atoms with Crippen molar-refractivity contribution in [1.29, 1.82) is 0 Å². The minimum Gasteiger partial charge on any atom is -0.300 e. The largest absolute Gasteiger partial charge is 0.300 e. The molecule has 1 saturated heterocycles. The fraction of sp³-hybridized carbons (Fsp3) is 1.00. The zero-order chi connectivity index (χ0) is 15.2. The van der Waals surface area contributed by atoms with Gasteiger partial charge < -0.3 is 4.90 Å². The highest BCUT2D eigenvalue weighted by Gasteiger charge is 2.36. The normalized spacial score (nSPS) is 17.9. The second kappa shape index (κ2) is 8.35. The average molecular weight is 305 g/mol. The average Bonchev–Trinajstić information content (AvgIpc) is 2.26. The molecule has 120 valence electrons. The van der Waals surface area contributed by atoms with Gasteiger partial charge in [0.05, 0.1) is 0 Å². The van der Waals surface area contributed by atoms with Crippen molar-refractivity contribution in [2.24, 2.45) is 11.8 Å². The van der Waals surface area contributed by atoms with Gasteiger partial charge in [0, 0.05) is 26.2 Å². The highest BCUT2D eigenvalue weighted by atomic mass is 32.2. The summed E-state index contributed by atoms with van der Waals surface area (Å²) in [4.78, 5) is 2.22. The number of rotatable bonds is 10. The van der Waals surface area contributed by atoms with Crippen molar-refractivity contribution in [3.63, 3.8) is 0 Å². The third-order valence-corrected chi connectivity index (χ3v) is 5.53. The summed E-state index contributed by atoms with van der Waals surface area (Å²) in [7, 11) is -3.09. The maximum absolute atomic E-state index is 12.0. The van der Waals surface area contributed by atoms with Crippen LogP contribution in [0.25, 0.3) is 0 Å². The SMILES string of the molecule is CC(C)CCCCCNS(=O)(=O)C1CN(CC(C)C)C1. The molecule has 1 fully saturated rings. The van der Waals surface area contributed by atoms with E-state index in [0.717, 1.165) is 25.3 Å². The van der Waals surface area contributed by atoms with Crippen LogP contribution in [0.4, 0.5) is 0 Å². The van der Waals surface area contributed by atoms with Crippen molar-refractivity contribution in [2.75, 3.05) is 26.2 Å². The van der Waals surface area contributed by atoms with Crippen molar-refractivity contribution in [3.05, 3.63) is 0 Å². The Hall–Kier alpha value is -0.130. The zero-order valence-corrected chi connectivity index (χ0v) is 14.4. The molecule has 0 amide bonds. The Bertz CT molecular complexity index is 360. The van der Waals surface area contributed by atoms with E-state index >= 15 is 0 Å². The molecule has 5 heteroatoms. The molecule has 1 heterocycles. The van der Waals surface area contributed by atoms with Gasteiger partial charge in [-0.15, -0.1) is 0 Å². The standard InChI is InChI=1S/C15H32N2O2S/c1-13(2)8-6-5-7-9-16-20(18,19)15-11-17(12-15)10-14(3)4/h13-16H,5-12H2,1-4H3. The van der Waals surface area contributed by atoms with Crippen LogP contribution in [0.2, 0.25) is 0 Å². The molecule has 20 heavy (non-hydrogen) atoms. The first-order valence-corrected chi connectivity index (χ1v) is 9.56. The molecule has 4 nitrogen and oxygen atoms in total. The molecule has 0 aromatic rings. The highest BCUT2D eigenvalue weighted by molar-refractivity contribution is 7.90. The zero-order valence-electron chi connectivity index (χ0n) is 13.6. The van der Waals surface area contributed by atoms with Crippen molar-refractivity contribution in [3.8, 4) is 0 Å². The van der Waals surface area contributed by atoms with Crippen molar-refractivity contribution < 1.29 is 8.42 Å². The summed E-state index contributed by atoms with van der Waals surface area (Å²) in [5.74, 6) is 1.35. The van der Waals surface area contributed by atoms with E-state index in [0.29, 0.717) is 25.6 Å². The quantitative estimate of drug-likeness (QED) is 0.631. The van der Waals surface area contributed by atoms with E-state index in [1.807, 2.05) is 0 Å². The number of unbranched alkanes of at least 4 members (excludes halogenated alkanes) is 2. The van der Waals surface area contributed by atoms with E-state index in [4.69, 9.17) is 0 Å². The Labute approximate surface area is 125 Å². The summed E-state index contributed by atoms with van der Waals surface area (Å²) in [6.45, 7) is 11.8. The molecule has 0 radical (unpaired) electrons. The fourth-order valence-electron chi connectivity index (χ4n) is 2.57. The fourth-order valence-corrected chi connectivity index (χ4v) is 4.05. The van der Waals surface area contributed by atoms with Crippen LogP contribution in [0.15, 0.2) is 0 Å². The number of sulfonamides is 1. The van der Waals surface area contributed by atoms with E-state index in [1.165, 1.54) is 12.8 Å². The highest BCUT2D eigenvalue weighted by Crippen LogP contribution is 2.17. The lowest BCUT2D eigenvalue weighted by molar-refractivity contribution is 0.164. The van der Waals surface area contributed by atoms with E-state index < -0.39 is 10.0 Å². The summed E-state index contributed by atoms with van der Waals surface area (Å²) < 4.78 is 26.9. The Morgan fingerprint density at radius 3 is 2.25 bits per heavy atom. The van der Waals surface area contributed by atoms with Gasteiger partial charge in [0.2, 0.25) is 10.0 Å². The first-order chi connectivity index (χ1) is 9.31. The van der Waals surface area contributed by atoms with Gasteiger partial charge in [0.25, 0.3) is 0 Å². The van der Waals surface area contributed by atoms with Crippen LogP contribution in [0.3, 0.4) is 0 Å². The topological polar surface area (TPSA) is 49.4 Å². The maximum Gasteiger partial charge on any atom is 0.217 e. The maximum atomic E-state index is 12.0. The summed E-state index contributed by atoms with van der Waals surface area (Å²) in [5.41, 5.74) is 0. The molecule has 0 bridgehead atoms. The molecular weight excluding hydrogens is 272 g/mol. The summed E-state index contributed by atoms with van der Waals surface area (Å²) >= 11 is 0. The van der Waals surface area contributed by atoms with Crippen molar-refractivity contribution in [1.82, 2.24) is 9.62 Å². The van der Waals surface area contributed by atoms with Crippen LogP contribution in [0.5, 0.6) is 0 Å². The van der Waals surface area contributed by atoms with Crippen molar-refractivity contribution in [2.45, 2.75) is 58.6 Å². The Morgan fingerprint density at radius 1 is 1.05 bits per heavy atom. The molecule has 1 rings (SSSR count).